The number of aliphatic carboxylic acids is 1. The first kappa shape index (κ1) is 16.6. The van der Waals surface area contributed by atoms with Crippen LogP contribution in [0.25, 0.3) is 0 Å². The van der Waals surface area contributed by atoms with Crippen LogP contribution in [0.3, 0.4) is 0 Å². The summed E-state index contributed by atoms with van der Waals surface area (Å²) >= 11 is 0. The van der Waals surface area contributed by atoms with Gasteiger partial charge in [-0.05, 0) is 5.56 Å². The van der Waals surface area contributed by atoms with E-state index in [1.807, 2.05) is 30.3 Å². The molecule has 0 aliphatic heterocycles. The Kier molecular flexibility index (Phi) is 8.57. The number of nitrogens with one attached hydrogen (secondary N) is 2. The average molecular weight is 281 g/mol. The Bertz CT molecular complexity index is 373. The maximum atomic E-state index is 11.1. The molecule has 0 aromatic heterocycles. The van der Waals surface area contributed by atoms with Crippen LogP contribution < -0.4 is 16.4 Å². The van der Waals surface area contributed by atoms with E-state index in [2.05, 4.69) is 10.6 Å². The lowest BCUT2D eigenvalue weighted by atomic mass is 10.2. The molecule has 0 aliphatic rings. The van der Waals surface area contributed by atoms with Gasteiger partial charge in [0, 0.05) is 26.2 Å². The number of ether oxygens (including phenoxy) is 1. The first-order valence-corrected chi connectivity index (χ1v) is 6.72. The Hall–Kier alpha value is -1.47. The van der Waals surface area contributed by atoms with E-state index in [9.17, 15) is 4.79 Å². The summed E-state index contributed by atoms with van der Waals surface area (Å²) in [5, 5.41) is 15.1. The Morgan fingerprint density at radius 1 is 1.25 bits per heavy atom. The molecular weight excluding hydrogens is 258 g/mol. The molecular formula is C14H23N3O3. The van der Waals surface area contributed by atoms with Crippen LogP contribution in [0.2, 0.25) is 0 Å². The fourth-order valence-electron chi connectivity index (χ4n) is 1.65. The number of carboxylic acid groups (broad SMARTS) is 1. The molecule has 1 aromatic rings. The van der Waals surface area contributed by atoms with Gasteiger partial charge in [0.25, 0.3) is 0 Å². The summed E-state index contributed by atoms with van der Waals surface area (Å²) < 4.78 is 5.44. The van der Waals surface area contributed by atoms with Gasteiger partial charge in [0.1, 0.15) is 6.04 Å². The number of carboxylic acids is 1. The van der Waals surface area contributed by atoms with E-state index in [4.69, 9.17) is 15.6 Å². The van der Waals surface area contributed by atoms with E-state index in [0.717, 1.165) is 12.1 Å². The molecule has 6 nitrogen and oxygen atoms in total. The third-order valence-corrected chi connectivity index (χ3v) is 2.71. The topological polar surface area (TPSA) is 96.6 Å². The zero-order valence-corrected chi connectivity index (χ0v) is 11.5. The van der Waals surface area contributed by atoms with Crippen molar-refractivity contribution in [3.05, 3.63) is 35.9 Å². The van der Waals surface area contributed by atoms with Gasteiger partial charge in [-0.1, -0.05) is 30.3 Å². The second-order valence-corrected chi connectivity index (χ2v) is 4.38. The highest BCUT2D eigenvalue weighted by atomic mass is 16.5. The van der Waals surface area contributed by atoms with Gasteiger partial charge in [-0.3, -0.25) is 4.79 Å². The largest absolute Gasteiger partial charge is 0.480 e. The fraction of sp³-hybridized carbons (Fsp3) is 0.500. The third kappa shape index (κ3) is 7.20. The predicted octanol–water partition coefficient (Wildman–Crippen LogP) is -0.206. The predicted molar refractivity (Wildman–Crippen MR) is 77.4 cm³/mol. The van der Waals surface area contributed by atoms with Crippen LogP contribution in [0.1, 0.15) is 5.56 Å². The van der Waals surface area contributed by atoms with Crippen LogP contribution >= 0.6 is 0 Å². The van der Waals surface area contributed by atoms with Crippen molar-refractivity contribution < 1.29 is 14.6 Å². The zero-order valence-electron chi connectivity index (χ0n) is 11.5. The first-order chi connectivity index (χ1) is 9.74. The van der Waals surface area contributed by atoms with Crippen LogP contribution in [-0.2, 0) is 16.1 Å². The molecule has 112 valence electrons. The van der Waals surface area contributed by atoms with Gasteiger partial charge >= 0.3 is 5.97 Å². The number of hydrogen-bond acceptors (Lipinski definition) is 5. The number of rotatable bonds is 11. The standard InChI is InChI=1S/C14H23N3O3/c15-6-7-16-8-9-17-13(14(18)19)11-20-10-12-4-2-1-3-5-12/h1-5,13,16-17H,6-11,15H2,(H,18,19). The monoisotopic (exact) mass is 281 g/mol. The molecule has 0 amide bonds. The van der Waals surface area contributed by atoms with E-state index in [-0.39, 0.29) is 6.61 Å². The summed E-state index contributed by atoms with van der Waals surface area (Å²) in [6.07, 6.45) is 0. The molecule has 0 radical (unpaired) electrons. The minimum Gasteiger partial charge on any atom is -0.480 e. The van der Waals surface area contributed by atoms with Crippen molar-refractivity contribution in [1.82, 2.24) is 10.6 Å². The molecule has 1 atom stereocenters. The van der Waals surface area contributed by atoms with Gasteiger partial charge < -0.3 is 26.2 Å². The molecule has 0 bridgehead atoms. The third-order valence-electron chi connectivity index (χ3n) is 2.71. The van der Waals surface area contributed by atoms with Gasteiger partial charge in [0.15, 0.2) is 0 Å². The Morgan fingerprint density at radius 3 is 2.65 bits per heavy atom. The highest BCUT2D eigenvalue weighted by Gasteiger charge is 2.16. The summed E-state index contributed by atoms with van der Waals surface area (Å²) in [5.41, 5.74) is 6.37. The highest BCUT2D eigenvalue weighted by molar-refractivity contribution is 5.73. The van der Waals surface area contributed by atoms with Crippen molar-refractivity contribution in [1.29, 1.82) is 0 Å². The fourth-order valence-corrected chi connectivity index (χ4v) is 1.65. The van der Waals surface area contributed by atoms with Crippen molar-refractivity contribution >= 4 is 5.97 Å². The number of nitrogens with two attached hydrogens (primary N) is 1. The van der Waals surface area contributed by atoms with Gasteiger partial charge in [0.05, 0.1) is 13.2 Å². The van der Waals surface area contributed by atoms with Crippen molar-refractivity contribution in [2.24, 2.45) is 5.73 Å². The molecule has 0 fully saturated rings. The average Bonchev–Trinajstić information content (AvgIpc) is 2.46. The molecule has 1 aromatic carbocycles. The maximum Gasteiger partial charge on any atom is 0.323 e. The molecule has 0 heterocycles. The normalized spacial score (nSPS) is 12.2. The van der Waals surface area contributed by atoms with Gasteiger partial charge in [-0.25, -0.2) is 0 Å². The van der Waals surface area contributed by atoms with Crippen molar-refractivity contribution in [2.75, 3.05) is 32.8 Å². The smallest absolute Gasteiger partial charge is 0.323 e. The molecule has 5 N–H and O–H groups in total. The SMILES string of the molecule is NCCNCCNC(COCc1ccccc1)C(=O)O. The van der Waals surface area contributed by atoms with Gasteiger partial charge in [-0.15, -0.1) is 0 Å². The molecule has 1 unspecified atom stereocenters. The molecule has 6 heteroatoms. The minimum absolute atomic E-state index is 0.140. The quantitative estimate of drug-likeness (QED) is 0.419. The maximum absolute atomic E-state index is 11.1. The molecule has 1 rings (SSSR count). The number of benzene rings is 1. The summed E-state index contributed by atoms with van der Waals surface area (Å²) in [7, 11) is 0. The Balaban J connectivity index is 2.20. The van der Waals surface area contributed by atoms with Gasteiger partial charge in [0.2, 0.25) is 0 Å². The van der Waals surface area contributed by atoms with E-state index in [1.165, 1.54) is 0 Å². The molecule has 0 aliphatic carbocycles. The van der Waals surface area contributed by atoms with Crippen molar-refractivity contribution in [3.8, 4) is 0 Å². The lowest BCUT2D eigenvalue weighted by Crippen LogP contribution is -2.43. The van der Waals surface area contributed by atoms with Crippen LogP contribution in [0.15, 0.2) is 30.3 Å². The van der Waals surface area contributed by atoms with Crippen molar-refractivity contribution in [2.45, 2.75) is 12.6 Å². The molecule has 0 saturated carbocycles. The zero-order chi connectivity index (χ0) is 14.6. The van der Waals surface area contributed by atoms with Gasteiger partial charge in [-0.2, -0.15) is 0 Å². The molecule has 20 heavy (non-hydrogen) atoms. The van der Waals surface area contributed by atoms with E-state index >= 15 is 0 Å². The second kappa shape index (κ2) is 10.3. The highest BCUT2D eigenvalue weighted by Crippen LogP contribution is 2.01. The lowest BCUT2D eigenvalue weighted by molar-refractivity contribution is -0.141. The minimum atomic E-state index is -0.906. The Morgan fingerprint density at radius 2 is 2.00 bits per heavy atom. The van der Waals surface area contributed by atoms with E-state index < -0.39 is 12.0 Å². The lowest BCUT2D eigenvalue weighted by Gasteiger charge is -2.15. The van der Waals surface area contributed by atoms with Crippen LogP contribution in [0.4, 0.5) is 0 Å². The van der Waals surface area contributed by atoms with Crippen LogP contribution in [0.5, 0.6) is 0 Å². The molecule has 0 spiro atoms. The van der Waals surface area contributed by atoms with E-state index in [1.54, 1.807) is 0 Å². The number of hydrogen-bond donors (Lipinski definition) is 4. The van der Waals surface area contributed by atoms with Crippen molar-refractivity contribution in [3.63, 3.8) is 0 Å². The summed E-state index contributed by atoms with van der Waals surface area (Å²) in [4.78, 5) is 11.1. The Labute approximate surface area is 119 Å². The second-order valence-electron chi connectivity index (χ2n) is 4.38. The number of carbonyl (C=O) groups is 1. The summed E-state index contributed by atoms with van der Waals surface area (Å²) in [6.45, 7) is 3.09. The summed E-state index contributed by atoms with van der Waals surface area (Å²) in [6, 6.07) is 8.97. The summed E-state index contributed by atoms with van der Waals surface area (Å²) in [5.74, 6) is -0.906. The molecule has 0 saturated heterocycles. The van der Waals surface area contributed by atoms with Crippen LogP contribution in [0, 0.1) is 0 Å². The first-order valence-electron chi connectivity index (χ1n) is 6.72. The van der Waals surface area contributed by atoms with E-state index in [0.29, 0.717) is 26.2 Å². The van der Waals surface area contributed by atoms with Crippen LogP contribution in [-0.4, -0.2) is 49.9 Å².